The second-order valence-corrected chi connectivity index (χ2v) is 3.91. The second-order valence-electron chi connectivity index (χ2n) is 3.91. The van der Waals surface area contributed by atoms with Crippen LogP contribution in [0, 0.1) is 0 Å². The molecule has 90 valence electrons. The van der Waals surface area contributed by atoms with Crippen LogP contribution in [0.3, 0.4) is 0 Å². The zero-order valence-corrected chi connectivity index (χ0v) is 10.1. The van der Waals surface area contributed by atoms with Gasteiger partial charge in [-0.1, -0.05) is 30.3 Å². The van der Waals surface area contributed by atoms with Gasteiger partial charge in [0.05, 0.1) is 12.1 Å². The Balaban J connectivity index is 2.06. The van der Waals surface area contributed by atoms with E-state index in [2.05, 4.69) is 15.0 Å². The Morgan fingerprint density at radius 3 is 2.67 bits per heavy atom. The molecule has 0 saturated carbocycles. The van der Waals surface area contributed by atoms with Crippen LogP contribution in [0.25, 0.3) is 22.6 Å². The summed E-state index contributed by atoms with van der Waals surface area (Å²) in [5, 5.41) is 0. The average molecular weight is 239 g/mol. The lowest BCUT2D eigenvalue weighted by atomic mass is 10.2. The molecule has 0 unspecified atom stereocenters. The predicted molar refractivity (Wildman–Crippen MR) is 70.5 cm³/mol. The number of imidazole rings is 1. The van der Waals surface area contributed by atoms with E-state index in [0.29, 0.717) is 18.1 Å². The van der Waals surface area contributed by atoms with Crippen molar-refractivity contribution < 1.29 is 4.74 Å². The summed E-state index contributed by atoms with van der Waals surface area (Å²) >= 11 is 0. The minimum Gasteiger partial charge on any atom is -0.478 e. The number of hydrogen-bond acceptors (Lipinski definition) is 3. The van der Waals surface area contributed by atoms with Gasteiger partial charge in [0, 0.05) is 11.6 Å². The molecule has 0 fully saturated rings. The molecule has 0 spiro atoms. The van der Waals surface area contributed by atoms with Crippen LogP contribution in [0.4, 0.5) is 0 Å². The topological polar surface area (TPSA) is 50.8 Å². The van der Waals surface area contributed by atoms with E-state index >= 15 is 0 Å². The fraction of sp³-hybridized carbons (Fsp3) is 0.143. The number of aromatic nitrogens is 3. The van der Waals surface area contributed by atoms with Crippen LogP contribution in [0.1, 0.15) is 6.92 Å². The lowest BCUT2D eigenvalue weighted by Gasteiger charge is -1.99. The van der Waals surface area contributed by atoms with E-state index in [-0.39, 0.29) is 0 Å². The highest BCUT2D eigenvalue weighted by atomic mass is 16.5. The quantitative estimate of drug-likeness (QED) is 0.764. The highest BCUT2D eigenvalue weighted by molar-refractivity contribution is 5.76. The van der Waals surface area contributed by atoms with Gasteiger partial charge in [0.1, 0.15) is 5.82 Å². The Morgan fingerprint density at radius 2 is 1.89 bits per heavy atom. The third kappa shape index (κ3) is 1.93. The molecule has 2 aromatic heterocycles. The molecular weight excluding hydrogens is 226 g/mol. The molecule has 3 rings (SSSR count). The fourth-order valence-electron chi connectivity index (χ4n) is 1.84. The van der Waals surface area contributed by atoms with Crippen molar-refractivity contribution in [2.75, 3.05) is 6.61 Å². The summed E-state index contributed by atoms with van der Waals surface area (Å²) in [6.07, 6.45) is 0. The molecule has 4 heteroatoms. The number of fused-ring (bicyclic) bond motifs is 1. The molecule has 2 heterocycles. The number of nitrogens with one attached hydrogen (secondary N) is 1. The van der Waals surface area contributed by atoms with Crippen LogP contribution >= 0.6 is 0 Å². The highest BCUT2D eigenvalue weighted by Crippen LogP contribution is 2.20. The standard InChI is InChI=1S/C14H13N3O/c1-2-18-12-9-8-11-14(16-12)17-13(15-11)10-6-4-3-5-7-10/h3-9H,2H2,1H3,(H,15,16,17). The first-order chi connectivity index (χ1) is 8.86. The molecule has 0 amide bonds. The number of aromatic amines is 1. The van der Waals surface area contributed by atoms with Crippen molar-refractivity contribution in [2.24, 2.45) is 0 Å². The zero-order valence-electron chi connectivity index (χ0n) is 10.1. The van der Waals surface area contributed by atoms with Gasteiger partial charge in [-0.15, -0.1) is 0 Å². The van der Waals surface area contributed by atoms with Crippen LogP contribution in [0.2, 0.25) is 0 Å². The average Bonchev–Trinajstić information content (AvgIpc) is 2.83. The number of ether oxygens (including phenoxy) is 1. The van der Waals surface area contributed by atoms with E-state index in [1.54, 1.807) is 0 Å². The lowest BCUT2D eigenvalue weighted by molar-refractivity contribution is 0.328. The molecule has 4 nitrogen and oxygen atoms in total. The van der Waals surface area contributed by atoms with E-state index < -0.39 is 0 Å². The third-order valence-corrected chi connectivity index (χ3v) is 2.66. The van der Waals surface area contributed by atoms with Crippen LogP contribution in [0.15, 0.2) is 42.5 Å². The normalized spacial score (nSPS) is 10.7. The van der Waals surface area contributed by atoms with E-state index in [0.717, 1.165) is 16.9 Å². The molecule has 0 aliphatic heterocycles. The van der Waals surface area contributed by atoms with Gasteiger partial charge in [0.15, 0.2) is 5.65 Å². The first-order valence-electron chi connectivity index (χ1n) is 5.92. The van der Waals surface area contributed by atoms with Gasteiger partial charge in [0.25, 0.3) is 0 Å². The summed E-state index contributed by atoms with van der Waals surface area (Å²) < 4.78 is 5.36. The van der Waals surface area contributed by atoms with Gasteiger partial charge in [-0.3, -0.25) is 0 Å². The number of hydrogen-bond donors (Lipinski definition) is 1. The van der Waals surface area contributed by atoms with Crippen LogP contribution in [-0.4, -0.2) is 21.6 Å². The van der Waals surface area contributed by atoms with Crippen molar-refractivity contribution in [3.8, 4) is 17.3 Å². The molecule has 18 heavy (non-hydrogen) atoms. The summed E-state index contributed by atoms with van der Waals surface area (Å²) in [6.45, 7) is 2.54. The largest absolute Gasteiger partial charge is 0.478 e. The SMILES string of the molecule is CCOc1ccc2[nH]c(-c3ccccc3)nc2n1. The Labute approximate surface area is 105 Å². The van der Waals surface area contributed by atoms with Gasteiger partial charge in [-0.05, 0) is 13.0 Å². The summed E-state index contributed by atoms with van der Waals surface area (Å²) in [5.41, 5.74) is 2.64. The molecule has 1 aromatic carbocycles. The van der Waals surface area contributed by atoms with Gasteiger partial charge >= 0.3 is 0 Å². The minimum atomic E-state index is 0.606. The van der Waals surface area contributed by atoms with Crippen molar-refractivity contribution >= 4 is 11.2 Å². The highest BCUT2D eigenvalue weighted by Gasteiger charge is 2.06. The third-order valence-electron chi connectivity index (χ3n) is 2.66. The predicted octanol–water partition coefficient (Wildman–Crippen LogP) is 3.02. The summed E-state index contributed by atoms with van der Waals surface area (Å²) in [6, 6.07) is 13.8. The second kappa shape index (κ2) is 4.49. The summed E-state index contributed by atoms with van der Waals surface area (Å²) in [5.74, 6) is 1.43. The van der Waals surface area contributed by atoms with E-state index in [1.165, 1.54) is 0 Å². The van der Waals surface area contributed by atoms with Crippen LogP contribution < -0.4 is 4.74 Å². The van der Waals surface area contributed by atoms with Gasteiger partial charge in [0.2, 0.25) is 5.88 Å². The molecule has 0 bridgehead atoms. The number of benzene rings is 1. The monoisotopic (exact) mass is 239 g/mol. The van der Waals surface area contributed by atoms with Crippen molar-refractivity contribution in [3.05, 3.63) is 42.5 Å². The Morgan fingerprint density at radius 1 is 1.06 bits per heavy atom. The maximum atomic E-state index is 5.36. The van der Waals surface area contributed by atoms with Gasteiger partial charge in [-0.25, -0.2) is 4.98 Å². The van der Waals surface area contributed by atoms with E-state index in [4.69, 9.17) is 4.74 Å². The van der Waals surface area contributed by atoms with Crippen LogP contribution in [0.5, 0.6) is 5.88 Å². The van der Waals surface area contributed by atoms with Crippen LogP contribution in [-0.2, 0) is 0 Å². The van der Waals surface area contributed by atoms with Gasteiger partial charge < -0.3 is 9.72 Å². The number of rotatable bonds is 3. The fourth-order valence-corrected chi connectivity index (χ4v) is 1.84. The molecule has 0 atom stereocenters. The smallest absolute Gasteiger partial charge is 0.215 e. The molecule has 0 aliphatic carbocycles. The molecular formula is C14H13N3O. The zero-order chi connectivity index (χ0) is 12.4. The van der Waals surface area contributed by atoms with E-state index in [9.17, 15) is 0 Å². The number of H-pyrrole nitrogens is 1. The summed E-state index contributed by atoms with van der Waals surface area (Å²) in [7, 11) is 0. The Hall–Kier alpha value is -2.36. The first-order valence-corrected chi connectivity index (χ1v) is 5.92. The Bertz CT molecular complexity index is 661. The minimum absolute atomic E-state index is 0.606. The molecule has 0 saturated heterocycles. The van der Waals surface area contributed by atoms with Crippen molar-refractivity contribution in [2.45, 2.75) is 6.92 Å². The number of nitrogens with zero attached hydrogens (tertiary/aromatic N) is 2. The lowest BCUT2D eigenvalue weighted by Crippen LogP contribution is -1.93. The molecule has 0 radical (unpaired) electrons. The summed E-state index contributed by atoms with van der Waals surface area (Å²) in [4.78, 5) is 12.1. The molecule has 3 aromatic rings. The van der Waals surface area contributed by atoms with Crippen molar-refractivity contribution in [1.82, 2.24) is 15.0 Å². The number of pyridine rings is 1. The molecule has 1 N–H and O–H groups in total. The Kier molecular flexibility index (Phi) is 2.68. The maximum absolute atomic E-state index is 5.36. The first kappa shape index (κ1) is 10.8. The van der Waals surface area contributed by atoms with Crippen molar-refractivity contribution in [3.63, 3.8) is 0 Å². The maximum Gasteiger partial charge on any atom is 0.215 e. The van der Waals surface area contributed by atoms with E-state index in [1.807, 2.05) is 49.4 Å². The van der Waals surface area contributed by atoms with Crippen molar-refractivity contribution in [1.29, 1.82) is 0 Å². The molecule has 0 aliphatic rings. The van der Waals surface area contributed by atoms with Gasteiger partial charge in [-0.2, -0.15) is 4.98 Å².